The molecule has 1 aromatic heterocycles. The maximum absolute atomic E-state index is 12.6. The Bertz CT molecular complexity index is 870. The fourth-order valence-electron chi connectivity index (χ4n) is 3.12. The van der Waals surface area contributed by atoms with E-state index < -0.39 is 0 Å². The minimum Gasteiger partial charge on any atom is -0.376 e. The molecule has 1 atom stereocenters. The lowest BCUT2D eigenvalue weighted by molar-refractivity contribution is 0.0857. The third-order valence-corrected chi connectivity index (χ3v) is 5.43. The van der Waals surface area contributed by atoms with E-state index in [0.717, 1.165) is 41.2 Å². The summed E-state index contributed by atoms with van der Waals surface area (Å²) in [6, 6.07) is 15.7. The van der Waals surface area contributed by atoms with Crippen molar-refractivity contribution in [2.24, 2.45) is 0 Å². The van der Waals surface area contributed by atoms with Crippen molar-refractivity contribution >= 4 is 28.7 Å². The van der Waals surface area contributed by atoms with E-state index in [-0.39, 0.29) is 12.0 Å². The molecular weight excluding hydrogens is 346 g/mol. The Morgan fingerprint density at radius 2 is 2.08 bits per heavy atom. The number of hydrogen-bond acceptors (Lipinski definition) is 4. The summed E-state index contributed by atoms with van der Waals surface area (Å²) in [6.45, 7) is 1.37. The minimum atomic E-state index is -0.0405. The lowest BCUT2D eigenvalue weighted by Crippen LogP contribution is -2.32. The third-order valence-electron chi connectivity index (χ3n) is 4.51. The second kappa shape index (κ2) is 7.93. The predicted molar refractivity (Wildman–Crippen MR) is 103 cm³/mol. The van der Waals surface area contributed by atoms with Gasteiger partial charge in [-0.1, -0.05) is 42.1 Å². The number of thioether (sulfide) groups is 1. The summed E-state index contributed by atoms with van der Waals surface area (Å²) in [5.41, 5.74) is 3.70. The van der Waals surface area contributed by atoms with Gasteiger partial charge in [-0.3, -0.25) is 4.79 Å². The Morgan fingerprint density at radius 3 is 2.92 bits per heavy atom. The number of H-pyrrole nitrogens is 1. The molecule has 26 heavy (non-hydrogen) atoms. The van der Waals surface area contributed by atoms with Crippen LogP contribution in [0.2, 0.25) is 0 Å². The van der Waals surface area contributed by atoms with Crippen LogP contribution in [0.4, 0.5) is 0 Å². The number of fused-ring (bicyclic) bond motifs is 1. The van der Waals surface area contributed by atoms with E-state index in [9.17, 15) is 4.79 Å². The predicted octanol–water partition coefficient (Wildman–Crippen LogP) is 3.76. The molecule has 2 aromatic carbocycles. The number of benzene rings is 2. The van der Waals surface area contributed by atoms with Crippen LogP contribution in [0, 0.1) is 0 Å². The molecule has 2 heterocycles. The number of carbonyl (C=O) groups is 1. The smallest absolute Gasteiger partial charge is 0.251 e. The molecule has 1 aliphatic rings. The molecule has 0 bridgehead atoms. The van der Waals surface area contributed by atoms with E-state index >= 15 is 0 Å². The van der Waals surface area contributed by atoms with Gasteiger partial charge in [-0.2, -0.15) is 0 Å². The van der Waals surface area contributed by atoms with Crippen LogP contribution in [0.5, 0.6) is 0 Å². The highest BCUT2D eigenvalue weighted by Gasteiger charge is 2.18. The highest BCUT2D eigenvalue weighted by Crippen LogP contribution is 2.24. The summed E-state index contributed by atoms with van der Waals surface area (Å²) in [6.07, 6.45) is 2.24. The van der Waals surface area contributed by atoms with Gasteiger partial charge in [0.1, 0.15) is 0 Å². The molecule has 1 amide bonds. The molecule has 134 valence electrons. The summed E-state index contributed by atoms with van der Waals surface area (Å²) in [4.78, 5) is 20.5. The van der Waals surface area contributed by atoms with Crippen LogP contribution in [0.3, 0.4) is 0 Å². The van der Waals surface area contributed by atoms with Crippen LogP contribution in [-0.2, 0) is 10.5 Å². The Balaban J connectivity index is 1.42. The zero-order valence-electron chi connectivity index (χ0n) is 14.4. The number of carbonyl (C=O) groups excluding carboxylic acids is 1. The van der Waals surface area contributed by atoms with Gasteiger partial charge in [0.2, 0.25) is 0 Å². The average molecular weight is 367 g/mol. The lowest BCUT2D eigenvalue weighted by atomic mass is 10.1. The molecule has 1 saturated heterocycles. The first-order valence-corrected chi connectivity index (χ1v) is 9.83. The van der Waals surface area contributed by atoms with Crippen molar-refractivity contribution < 1.29 is 9.53 Å². The van der Waals surface area contributed by atoms with Gasteiger partial charge in [-0.25, -0.2) is 4.98 Å². The standard InChI is InChI=1S/C20H21N3O2S/c24-19(21-12-15-7-5-11-25-15)16-8-2-1-6-14(16)13-26-20-22-17-9-3-4-10-18(17)23-20/h1-4,6,8-10,15H,5,7,11-13H2,(H,21,24)(H,22,23). The number of imidazole rings is 1. The summed E-state index contributed by atoms with van der Waals surface area (Å²) in [7, 11) is 0. The molecular formula is C20H21N3O2S. The SMILES string of the molecule is O=C(NCC1CCCO1)c1ccccc1CSc1nc2ccccc2[nH]1. The van der Waals surface area contributed by atoms with E-state index in [2.05, 4.69) is 15.3 Å². The van der Waals surface area contributed by atoms with E-state index in [1.807, 2.05) is 48.5 Å². The second-order valence-electron chi connectivity index (χ2n) is 6.35. The number of aromatic amines is 1. The van der Waals surface area contributed by atoms with Crippen molar-refractivity contribution in [3.8, 4) is 0 Å². The van der Waals surface area contributed by atoms with E-state index in [0.29, 0.717) is 17.9 Å². The Morgan fingerprint density at radius 1 is 1.23 bits per heavy atom. The molecule has 4 rings (SSSR count). The summed E-state index contributed by atoms with van der Waals surface area (Å²) < 4.78 is 5.57. The molecule has 2 N–H and O–H groups in total. The number of hydrogen-bond donors (Lipinski definition) is 2. The lowest BCUT2D eigenvalue weighted by Gasteiger charge is -2.12. The minimum absolute atomic E-state index is 0.0405. The maximum atomic E-state index is 12.6. The zero-order chi connectivity index (χ0) is 17.8. The molecule has 1 fully saturated rings. The van der Waals surface area contributed by atoms with Gasteiger partial charge in [-0.05, 0) is 36.6 Å². The summed E-state index contributed by atoms with van der Waals surface area (Å²) in [5.74, 6) is 0.643. The highest BCUT2D eigenvalue weighted by molar-refractivity contribution is 7.98. The number of para-hydroxylation sites is 2. The zero-order valence-corrected chi connectivity index (χ0v) is 15.2. The van der Waals surface area contributed by atoms with Gasteiger partial charge >= 0.3 is 0 Å². The number of ether oxygens (including phenoxy) is 1. The molecule has 0 aliphatic carbocycles. The van der Waals surface area contributed by atoms with E-state index in [4.69, 9.17) is 4.74 Å². The van der Waals surface area contributed by atoms with Crippen molar-refractivity contribution in [2.75, 3.05) is 13.2 Å². The fourth-order valence-corrected chi connectivity index (χ4v) is 4.01. The molecule has 1 unspecified atom stereocenters. The van der Waals surface area contributed by atoms with Crippen molar-refractivity contribution in [3.05, 3.63) is 59.7 Å². The van der Waals surface area contributed by atoms with Crippen LogP contribution < -0.4 is 5.32 Å². The normalized spacial score (nSPS) is 16.8. The maximum Gasteiger partial charge on any atom is 0.251 e. The molecule has 0 saturated carbocycles. The monoisotopic (exact) mass is 367 g/mol. The molecule has 1 aliphatic heterocycles. The Hall–Kier alpha value is -2.31. The van der Waals surface area contributed by atoms with Crippen molar-refractivity contribution in [3.63, 3.8) is 0 Å². The van der Waals surface area contributed by atoms with Crippen molar-refractivity contribution in [1.82, 2.24) is 15.3 Å². The van der Waals surface area contributed by atoms with E-state index in [1.54, 1.807) is 11.8 Å². The van der Waals surface area contributed by atoms with E-state index in [1.165, 1.54) is 0 Å². The number of amides is 1. The summed E-state index contributed by atoms with van der Waals surface area (Å²) >= 11 is 1.60. The highest BCUT2D eigenvalue weighted by atomic mass is 32.2. The Kier molecular flexibility index (Phi) is 5.22. The largest absolute Gasteiger partial charge is 0.376 e. The third kappa shape index (κ3) is 3.92. The molecule has 5 nitrogen and oxygen atoms in total. The van der Waals surface area contributed by atoms with Gasteiger partial charge < -0.3 is 15.0 Å². The number of nitrogens with one attached hydrogen (secondary N) is 2. The van der Waals surface area contributed by atoms with Crippen molar-refractivity contribution in [1.29, 1.82) is 0 Å². The van der Waals surface area contributed by atoms with Gasteiger partial charge in [0.15, 0.2) is 5.16 Å². The first-order valence-electron chi connectivity index (χ1n) is 8.85. The Labute approximate surface area is 156 Å². The van der Waals surface area contributed by atoms with Crippen LogP contribution in [-0.4, -0.2) is 35.1 Å². The summed E-state index contributed by atoms with van der Waals surface area (Å²) in [5, 5.41) is 3.87. The fraction of sp³-hybridized carbons (Fsp3) is 0.300. The van der Waals surface area contributed by atoms with Gasteiger partial charge in [-0.15, -0.1) is 0 Å². The molecule has 3 aromatic rings. The van der Waals surface area contributed by atoms with Crippen LogP contribution >= 0.6 is 11.8 Å². The topological polar surface area (TPSA) is 67.0 Å². The number of nitrogens with zero attached hydrogens (tertiary/aromatic N) is 1. The van der Waals surface area contributed by atoms with Crippen LogP contribution in [0.15, 0.2) is 53.7 Å². The molecule has 0 spiro atoms. The average Bonchev–Trinajstić information content (AvgIpc) is 3.33. The second-order valence-corrected chi connectivity index (χ2v) is 7.31. The van der Waals surface area contributed by atoms with Gasteiger partial charge in [0.05, 0.1) is 17.1 Å². The quantitative estimate of drug-likeness (QED) is 0.651. The molecule has 0 radical (unpaired) electrons. The first-order chi connectivity index (χ1) is 12.8. The van der Waals surface area contributed by atoms with Gasteiger partial charge in [0.25, 0.3) is 5.91 Å². The first kappa shape index (κ1) is 17.1. The van der Waals surface area contributed by atoms with Crippen molar-refractivity contribution in [2.45, 2.75) is 29.9 Å². The van der Waals surface area contributed by atoms with Crippen LogP contribution in [0.25, 0.3) is 11.0 Å². The number of aromatic nitrogens is 2. The number of rotatable bonds is 6. The van der Waals surface area contributed by atoms with Crippen LogP contribution in [0.1, 0.15) is 28.8 Å². The van der Waals surface area contributed by atoms with Gasteiger partial charge in [0, 0.05) is 24.5 Å². The molecule has 6 heteroatoms.